The number of nitrogens with two attached hydrogens (primary N) is 1. The zero-order valence-corrected chi connectivity index (χ0v) is 10.3. The molecule has 0 unspecified atom stereocenters. The summed E-state index contributed by atoms with van der Waals surface area (Å²) in [6, 6.07) is 2.33. The SMILES string of the molecule is C=C(C)C[C@H](N)c1cc(OC)c(O)c([N+](=O)[O-])c1. The molecule has 0 saturated carbocycles. The maximum Gasteiger partial charge on any atom is 0.314 e. The number of hydrogen-bond donors (Lipinski definition) is 2. The summed E-state index contributed by atoms with van der Waals surface area (Å²) in [5.41, 5.74) is 6.90. The predicted molar refractivity (Wildman–Crippen MR) is 67.7 cm³/mol. The summed E-state index contributed by atoms with van der Waals surface area (Å²) in [6.07, 6.45) is 0.505. The standard InChI is InChI=1S/C12H16N2O4/c1-7(2)4-9(13)8-5-10(14(16)17)12(15)11(6-8)18-3/h5-6,9,15H,1,4,13H2,2-3H3/t9-/m0/s1. The first-order valence-electron chi connectivity index (χ1n) is 5.32. The van der Waals surface area contributed by atoms with Crippen LogP contribution in [0.2, 0.25) is 0 Å². The minimum absolute atomic E-state index is 0.0383. The lowest BCUT2D eigenvalue weighted by Gasteiger charge is -2.14. The van der Waals surface area contributed by atoms with Crippen LogP contribution in [-0.2, 0) is 0 Å². The molecule has 6 heteroatoms. The van der Waals surface area contributed by atoms with E-state index in [0.29, 0.717) is 12.0 Å². The molecule has 98 valence electrons. The highest BCUT2D eigenvalue weighted by Crippen LogP contribution is 2.38. The van der Waals surface area contributed by atoms with E-state index in [4.69, 9.17) is 10.5 Å². The Morgan fingerprint density at radius 1 is 1.67 bits per heavy atom. The molecule has 3 N–H and O–H groups in total. The molecule has 0 heterocycles. The Morgan fingerprint density at radius 2 is 2.28 bits per heavy atom. The van der Waals surface area contributed by atoms with Crippen LogP contribution in [-0.4, -0.2) is 17.1 Å². The minimum Gasteiger partial charge on any atom is -0.500 e. The number of nitrogens with zero attached hydrogens (tertiary/aromatic N) is 1. The van der Waals surface area contributed by atoms with E-state index in [2.05, 4.69) is 6.58 Å². The number of methoxy groups -OCH3 is 1. The number of rotatable bonds is 5. The molecule has 1 rings (SSSR count). The molecule has 0 radical (unpaired) electrons. The van der Waals surface area contributed by atoms with Crippen LogP contribution in [0.4, 0.5) is 5.69 Å². The van der Waals surface area contributed by atoms with Gasteiger partial charge in [0.15, 0.2) is 5.75 Å². The molecule has 0 fully saturated rings. The van der Waals surface area contributed by atoms with Crippen LogP contribution >= 0.6 is 0 Å². The average Bonchev–Trinajstić information content (AvgIpc) is 2.27. The number of nitro groups is 1. The van der Waals surface area contributed by atoms with E-state index in [1.807, 2.05) is 6.92 Å². The minimum atomic E-state index is -0.672. The molecule has 0 bridgehead atoms. The fourth-order valence-corrected chi connectivity index (χ4v) is 1.62. The summed E-state index contributed by atoms with van der Waals surface area (Å²) in [4.78, 5) is 10.1. The second-order valence-corrected chi connectivity index (χ2v) is 4.12. The van der Waals surface area contributed by atoms with Gasteiger partial charge in [-0.25, -0.2) is 0 Å². The first-order valence-corrected chi connectivity index (χ1v) is 5.32. The maximum absolute atomic E-state index is 10.8. The van der Waals surface area contributed by atoms with E-state index < -0.39 is 22.4 Å². The van der Waals surface area contributed by atoms with Crippen molar-refractivity contribution >= 4 is 5.69 Å². The lowest BCUT2D eigenvalue weighted by molar-refractivity contribution is -0.386. The number of nitro benzene ring substituents is 1. The van der Waals surface area contributed by atoms with Gasteiger partial charge in [0, 0.05) is 12.1 Å². The summed E-state index contributed by atoms with van der Waals surface area (Å²) >= 11 is 0. The van der Waals surface area contributed by atoms with Crippen LogP contribution in [0.5, 0.6) is 11.5 Å². The Morgan fingerprint density at radius 3 is 2.72 bits per heavy atom. The lowest BCUT2D eigenvalue weighted by Crippen LogP contribution is -2.11. The van der Waals surface area contributed by atoms with Crippen molar-refractivity contribution in [3.8, 4) is 11.5 Å². The number of phenols is 1. The second kappa shape index (κ2) is 5.50. The van der Waals surface area contributed by atoms with E-state index in [1.54, 1.807) is 0 Å². The molecule has 18 heavy (non-hydrogen) atoms. The monoisotopic (exact) mass is 252 g/mol. The van der Waals surface area contributed by atoms with Gasteiger partial charge in [-0.3, -0.25) is 10.1 Å². The molecule has 6 nitrogen and oxygen atoms in total. The molecule has 0 spiro atoms. The summed E-state index contributed by atoms with van der Waals surface area (Å²) in [6.45, 7) is 5.57. The third-order valence-electron chi connectivity index (χ3n) is 2.49. The van der Waals surface area contributed by atoms with E-state index in [0.717, 1.165) is 5.57 Å². The number of ether oxygens (including phenoxy) is 1. The second-order valence-electron chi connectivity index (χ2n) is 4.12. The Labute approximate surface area is 105 Å². The van der Waals surface area contributed by atoms with Crippen molar-refractivity contribution in [2.45, 2.75) is 19.4 Å². The van der Waals surface area contributed by atoms with Gasteiger partial charge in [-0.1, -0.05) is 5.57 Å². The third-order valence-corrected chi connectivity index (χ3v) is 2.49. The first-order chi connectivity index (χ1) is 8.36. The van der Waals surface area contributed by atoms with Gasteiger partial charge in [0.1, 0.15) is 0 Å². The van der Waals surface area contributed by atoms with Crippen molar-refractivity contribution in [1.29, 1.82) is 0 Å². The zero-order valence-electron chi connectivity index (χ0n) is 10.3. The highest BCUT2D eigenvalue weighted by atomic mass is 16.6. The smallest absolute Gasteiger partial charge is 0.314 e. The Hall–Kier alpha value is -2.08. The van der Waals surface area contributed by atoms with Crippen LogP contribution in [0.15, 0.2) is 24.3 Å². The Balaban J connectivity index is 3.25. The molecular weight excluding hydrogens is 236 g/mol. The predicted octanol–water partition coefficient (Wildman–Crippen LogP) is 2.28. The van der Waals surface area contributed by atoms with Gasteiger partial charge < -0.3 is 15.6 Å². The lowest BCUT2D eigenvalue weighted by atomic mass is 10.00. The van der Waals surface area contributed by atoms with Crippen molar-refractivity contribution in [2.24, 2.45) is 5.73 Å². The zero-order chi connectivity index (χ0) is 13.9. The summed E-state index contributed by atoms with van der Waals surface area (Å²) in [7, 11) is 1.33. The van der Waals surface area contributed by atoms with Gasteiger partial charge in [-0.2, -0.15) is 0 Å². The number of hydrogen-bond acceptors (Lipinski definition) is 5. The van der Waals surface area contributed by atoms with Gasteiger partial charge in [-0.15, -0.1) is 6.58 Å². The van der Waals surface area contributed by atoms with Gasteiger partial charge >= 0.3 is 5.69 Å². The molecule has 0 amide bonds. The van der Waals surface area contributed by atoms with Gasteiger partial charge in [0.05, 0.1) is 12.0 Å². The van der Waals surface area contributed by atoms with E-state index in [9.17, 15) is 15.2 Å². The van der Waals surface area contributed by atoms with E-state index >= 15 is 0 Å². The van der Waals surface area contributed by atoms with Crippen LogP contribution in [0, 0.1) is 10.1 Å². The normalized spacial score (nSPS) is 11.9. The summed E-state index contributed by atoms with van der Waals surface area (Å²) in [5.74, 6) is -0.454. The fourth-order valence-electron chi connectivity index (χ4n) is 1.62. The number of aromatic hydroxyl groups is 1. The highest BCUT2D eigenvalue weighted by Gasteiger charge is 2.21. The highest BCUT2D eigenvalue weighted by molar-refractivity contribution is 5.57. The third kappa shape index (κ3) is 2.98. The molecule has 0 aliphatic rings. The van der Waals surface area contributed by atoms with Crippen LogP contribution in [0.25, 0.3) is 0 Å². The van der Waals surface area contributed by atoms with E-state index in [-0.39, 0.29) is 5.75 Å². The number of phenolic OH excluding ortho intramolecular Hbond substituents is 1. The molecule has 1 aromatic carbocycles. The average molecular weight is 252 g/mol. The summed E-state index contributed by atoms with van der Waals surface area (Å²) in [5, 5.41) is 20.4. The Bertz CT molecular complexity index is 485. The molecule has 0 saturated heterocycles. The molecule has 0 aliphatic heterocycles. The van der Waals surface area contributed by atoms with E-state index in [1.165, 1.54) is 19.2 Å². The summed E-state index contributed by atoms with van der Waals surface area (Å²) < 4.78 is 4.90. The van der Waals surface area contributed by atoms with Crippen molar-refractivity contribution in [1.82, 2.24) is 0 Å². The fraction of sp³-hybridized carbons (Fsp3) is 0.333. The molecule has 1 atom stereocenters. The van der Waals surface area contributed by atoms with Crippen molar-refractivity contribution < 1.29 is 14.8 Å². The molecule has 0 aliphatic carbocycles. The quantitative estimate of drug-likeness (QED) is 0.476. The van der Waals surface area contributed by atoms with Crippen LogP contribution < -0.4 is 10.5 Å². The first kappa shape index (κ1) is 14.0. The van der Waals surface area contributed by atoms with Gasteiger partial charge in [0.2, 0.25) is 5.75 Å². The van der Waals surface area contributed by atoms with Gasteiger partial charge in [0.25, 0.3) is 0 Å². The topological polar surface area (TPSA) is 98.6 Å². The molecule has 0 aromatic heterocycles. The van der Waals surface area contributed by atoms with Crippen molar-refractivity contribution in [3.05, 3.63) is 40.0 Å². The van der Waals surface area contributed by atoms with Crippen molar-refractivity contribution in [2.75, 3.05) is 7.11 Å². The van der Waals surface area contributed by atoms with Crippen LogP contribution in [0.3, 0.4) is 0 Å². The Kier molecular flexibility index (Phi) is 4.28. The largest absolute Gasteiger partial charge is 0.500 e. The van der Waals surface area contributed by atoms with Gasteiger partial charge in [-0.05, 0) is 25.0 Å². The van der Waals surface area contributed by atoms with Crippen LogP contribution in [0.1, 0.15) is 24.9 Å². The molecule has 1 aromatic rings. The molecular formula is C12H16N2O4. The number of benzene rings is 1. The van der Waals surface area contributed by atoms with Crippen molar-refractivity contribution in [3.63, 3.8) is 0 Å². The maximum atomic E-state index is 10.8.